The van der Waals surface area contributed by atoms with Crippen LogP contribution in [0.5, 0.6) is 5.75 Å². The van der Waals surface area contributed by atoms with Crippen molar-refractivity contribution in [3.63, 3.8) is 0 Å². The molecule has 0 spiro atoms. The standard InChI is InChI=1S/C31H46N4O4/c1-5-6-16-34(17-7-15-33(3)4)29(36)21-35-20-25(23-8-11-28-24(19-23)13-18-39-28)30(31(37)38)27(35)10-9-26-22(2)12-14-32-26/h8,11-12,14,19,22,25,27,30H,5-7,9-10,13,15-18,20-21H2,1-4H3,(H,37,38)/t22?,25-,27+,30-/m1/s1. The number of rotatable bonds is 14. The smallest absolute Gasteiger partial charge is 0.308 e. The summed E-state index contributed by atoms with van der Waals surface area (Å²) in [5.74, 6) is -0.264. The van der Waals surface area contributed by atoms with Crippen LogP contribution < -0.4 is 4.74 Å². The number of aliphatic imine (C=N–C) groups is 1. The number of unbranched alkanes of at least 4 members (excludes halogenated alkanes) is 1. The van der Waals surface area contributed by atoms with Crippen molar-refractivity contribution in [3.05, 3.63) is 41.6 Å². The van der Waals surface area contributed by atoms with E-state index in [9.17, 15) is 14.7 Å². The molecule has 39 heavy (non-hydrogen) atoms. The Morgan fingerprint density at radius 3 is 2.67 bits per heavy atom. The maximum atomic E-state index is 13.7. The number of benzene rings is 1. The Bertz CT molecular complexity index is 1070. The fourth-order valence-electron chi connectivity index (χ4n) is 6.27. The molecule has 0 aliphatic carbocycles. The molecule has 0 bridgehead atoms. The number of likely N-dealkylation sites (tertiary alicyclic amines) is 1. The van der Waals surface area contributed by atoms with Crippen LogP contribution in [0.3, 0.4) is 0 Å². The zero-order chi connectivity index (χ0) is 27.9. The number of fused-ring (bicyclic) bond motifs is 1. The number of amides is 1. The van der Waals surface area contributed by atoms with Gasteiger partial charge in [0.15, 0.2) is 0 Å². The van der Waals surface area contributed by atoms with Gasteiger partial charge in [-0.3, -0.25) is 19.5 Å². The van der Waals surface area contributed by atoms with Crippen LogP contribution in [-0.4, -0.2) is 96.9 Å². The molecule has 3 heterocycles. The molecule has 0 radical (unpaired) electrons. The van der Waals surface area contributed by atoms with Gasteiger partial charge in [-0.25, -0.2) is 0 Å². The van der Waals surface area contributed by atoms with E-state index in [0.29, 0.717) is 19.6 Å². The van der Waals surface area contributed by atoms with Gasteiger partial charge in [0.1, 0.15) is 5.75 Å². The zero-order valence-electron chi connectivity index (χ0n) is 24.1. The number of carboxylic acids is 1. The van der Waals surface area contributed by atoms with Gasteiger partial charge in [0.25, 0.3) is 0 Å². The van der Waals surface area contributed by atoms with Crippen molar-refractivity contribution in [1.29, 1.82) is 0 Å². The molecule has 3 aliphatic rings. The third-order valence-corrected chi connectivity index (χ3v) is 8.52. The maximum absolute atomic E-state index is 13.7. The molecule has 4 atom stereocenters. The highest BCUT2D eigenvalue weighted by Gasteiger charge is 2.47. The van der Waals surface area contributed by atoms with Crippen LogP contribution in [0.1, 0.15) is 63.0 Å². The molecule has 8 nitrogen and oxygen atoms in total. The summed E-state index contributed by atoms with van der Waals surface area (Å²) >= 11 is 0. The summed E-state index contributed by atoms with van der Waals surface area (Å²) in [6, 6.07) is 5.91. The third kappa shape index (κ3) is 7.28. The molecule has 1 fully saturated rings. The van der Waals surface area contributed by atoms with E-state index < -0.39 is 11.9 Å². The monoisotopic (exact) mass is 538 g/mol. The minimum Gasteiger partial charge on any atom is -0.493 e. The summed E-state index contributed by atoms with van der Waals surface area (Å²) in [4.78, 5) is 37.3. The molecular weight excluding hydrogens is 492 g/mol. The predicted octanol–water partition coefficient (Wildman–Crippen LogP) is 4.06. The van der Waals surface area contributed by atoms with Gasteiger partial charge in [-0.05, 0) is 63.5 Å². The Morgan fingerprint density at radius 2 is 1.97 bits per heavy atom. The average Bonchev–Trinajstić information content (AvgIpc) is 3.62. The van der Waals surface area contributed by atoms with Gasteiger partial charge in [0.2, 0.25) is 5.91 Å². The average molecular weight is 539 g/mol. The summed E-state index contributed by atoms with van der Waals surface area (Å²) in [6.45, 7) is 8.17. The molecule has 1 unspecified atom stereocenters. The van der Waals surface area contributed by atoms with Crippen LogP contribution in [0.4, 0.5) is 0 Å². The summed E-state index contributed by atoms with van der Waals surface area (Å²) in [7, 11) is 4.10. The van der Waals surface area contributed by atoms with Gasteiger partial charge in [-0.1, -0.05) is 38.5 Å². The Labute approximate surface area is 233 Å². The van der Waals surface area contributed by atoms with E-state index >= 15 is 0 Å². The van der Waals surface area contributed by atoms with E-state index in [2.05, 4.69) is 54.9 Å². The van der Waals surface area contributed by atoms with Crippen molar-refractivity contribution in [1.82, 2.24) is 14.7 Å². The summed E-state index contributed by atoms with van der Waals surface area (Å²) in [5.41, 5.74) is 3.28. The molecule has 1 aromatic carbocycles. The largest absolute Gasteiger partial charge is 0.493 e. The molecular formula is C31H46N4O4. The van der Waals surface area contributed by atoms with Crippen molar-refractivity contribution < 1.29 is 19.4 Å². The normalized spacial score (nSPS) is 24.2. The Kier molecular flexibility index (Phi) is 10.2. The highest BCUT2D eigenvalue weighted by atomic mass is 16.5. The van der Waals surface area contributed by atoms with E-state index in [4.69, 9.17) is 4.74 Å². The molecule has 0 aromatic heterocycles. The van der Waals surface area contributed by atoms with E-state index in [0.717, 1.165) is 74.3 Å². The first-order valence-corrected chi connectivity index (χ1v) is 14.7. The molecule has 3 aliphatic heterocycles. The van der Waals surface area contributed by atoms with Crippen molar-refractivity contribution in [2.75, 3.05) is 53.4 Å². The number of nitrogens with zero attached hydrogens (tertiary/aromatic N) is 4. The predicted molar refractivity (Wildman–Crippen MR) is 155 cm³/mol. The molecule has 4 rings (SSSR count). The number of hydrogen-bond donors (Lipinski definition) is 1. The number of allylic oxidation sites excluding steroid dienone is 1. The molecule has 0 saturated carbocycles. The van der Waals surface area contributed by atoms with Crippen LogP contribution >= 0.6 is 0 Å². The molecule has 1 saturated heterocycles. The SMILES string of the molecule is CCCCN(CCCN(C)C)C(=O)CN1C[C@H](c2ccc3c(c2)CCO3)[C@@H](C(=O)O)[C@@H]1CCC1=NC=CC1C. The Morgan fingerprint density at radius 1 is 1.18 bits per heavy atom. The highest BCUT2D eigenvalue weighted by Crippen LogP contribution is 2.41. The molecule has 214 valence electrons. The lowest BCUT2D eigenvalue weighted by Crippen LogP contribution is -2.45. The summed E-state index contributed by atoms with van der Waals surface area (Å²) < 4.78 is 5.70. The van der Waals surface area contributed by atoms with Crippen molar-refractivity contribution in [3.8, 4) is 5.75 Å². The first-order valence-electron chi connectivity index (χ1n) is 14.7. The molecule has 8 heteroatoms. The number of aliphatic carboxylic acids is 1. The van der Waals surface area contributed by atoms with E-state index in [1.165, 1.54) is 0 Å². The van der Waals surface area contributed by atoms with Gasteiger partial charge in [0.05, 0.1) is 19.1 Å². The van der Waals surface area contributed by atoms with Crippen molar-refractivity contribution in [2.24, 2.45) is 16.8 Å². The lowest BCUT2D eigenvalue weighted by atomic mass is 9.82. The van der Waals surface area contributed by atoms with Crippen molar-refractivity contribution in [2.45, 2.75) is 64.3 Å². The summed E-state index contributed by atoms with van der Waals surface area (Å²) in [5, 5.41) is 10.5. The minimum atomic E-state index is -0.787. The molecule has 1 aromatic rings. The van der Waals surface area contributed by atoms with Gasteiger partial charge < -0.3 is 19.6 Å². The van der Waals surface area contributed by atoms with Gasteiger partial charge in [0, 0.05) is 55.8 Å². The fourth-order valence-corrected chi connectivity index (χ4v) is 6.27. The lowest BCUT2D eigenvalue weighted by molar-refractivity contribution is -0.143. The van der Waals surface area contributed by atoms with Crippen LogP contribution in [-0.2, 0) is 16.0 Å². The molecule has 1 amide bonds. The van der Waals surface area contributed by atoms with E-state index in [-0.39, 0.29) is 30.3 Å². The van der Waals surface area contributed by atoms with Crippen LogP contribution in [0.15, 0.2) is 35.5 Å². The summed E-state index contributed by atoms with van der Waals surface area (Å²) in [6.07, 6.45) is 9.12. The van der Waals surface area contributed by atoms with Crippen LogP contribution in [0.25, 0.3) is 0 Å². The fraction of sp³-hybridized carbons (Fsp3) is 0.645. The van der Waals surface area contributed by atoms with Gasteiger partial charge in [-0.2, -0.15) is 0 Å². The van der Waals surface area contributed by atoms with Gasteiger partial charge >= 0.3 is 5.97 Å². The number of carbonyl (C=O) groups is 2. The van der Waals surface area contributed by atoms with Crippen LogP contribution in [0, 0.1) is 11.8 Å². The first kappa shape index (κ1) is 29.3. The van der Waals surface area contributed by atoms with Gasteiger partial charge in [-0.15, -0.1) is 0 Å². The number of ether oxygens (including phenoxy) is 1. The number of carboxylic acid groups (broad SMARTS) is 1. The van der Waals surface area contributed by atoms with E-state index in [1.54, 1.807) is 0 Å². The number of hydrogen-bond acceptors (Lipinski definition) is 6. The second kappa shape index (κ2) is 13.6. The minimum absolute atomic E-state index is 0.104. The number of carbonyl (C=O) groups excluding carboxylic acids is 1. The second-order valence-electron chi connectivity index (χ2n) is 11.6. The zero-order valence-corrected chi connectivity index (χ0v) is 24.1. The Hall–Kier alpha value is -2.71. The quantitative estimate of drug-likeness (QED) is 0.385. The van der Waals surface area contributed by atoms with Crippen molar-refractivity contribution >= 4 is 17.6 Å². The van der Waals surface area contributed by atoms with E-state index in [1.807, 2.05) is 23.2 Å². The lowest BCUT2D eigenvalue weighted by Gasteiger charge is -2.30. The topological polar surface area (TPSA) is 85.7 Å². The maximum Gasteiger partial charge on any atom is 0.308 e. The second-order valence-corrected chi connectivity index (χ2v) is 11.6. The highest BCUT2D eigenvalue weighted by molar-refractivity contribution is 5.90. The Balaban J connectivity index is 1.56. The van der Waals surface area contributed by atoms with Crippen LogP contribution in [0.2, 0.25) is 0 Å². The first-order chi connectivity index (χ1) is 18.8. The third-order valence-electron chi connectivity index (χ3n) is 8.52. The molecule has 1 N–H and O–H groups in total.